The van der Waals surface area contributed by atoms with Crippen LogP contribution in [0, 0.1) is 18.3 Å². The van der Waals surface area contributed by atoms with Gasteiger partial charge in [0, 0.05) is 17.4 Å². The monoisotopic (exact) mass is 360 g/mol. The number of sulfonamides is 1. The Morgan fingerprint density at radius 3 is 2.70 bits per heavy atom. The van der Waals surface area contributed by atoms with Crippen LogP contribution in [-0.4, -0.2) is 26.0 Å². The third-order valence-corrected chi connectivity index (χ3v) is 5.00. The van der Waals surface area contributed by atoms with Crippen LogP contribution in [0.4, 0.5) is 0 Å². The van der Waals surface area contributed by atoms with E-state index >= 15 is 0 Å². The van der Waals surface area contributed by atoms with Crippen LogP contribution in [0.25, 0.3) is 0 Å². The Morgan fingerprint density at radius 2 is 2.15 bits per heavy atom. The minimum atomic E-state index is -3.80. The highest BCUT2D eigenvalue weighted by Gasteiger charge is 2.20. The summed E-state index contributed by atoms with van der Waals surface area (Å²) < 4.78 is 27.0. The number of halogens is 1. The van der Waals surface area contributed by atoms with E-state index in [1.807, 2.05) is 6.07 Å². The number of nitrogens with one attached hydrogen (secondary N) is 1. The van der Waals surface area contributed by atoms with Gasteiger partial charge in [-0.05, 0) is 31.0 Å². The van der Waals surface area contributed by atoms with Crippen molar-refractivity contribution < 1.29 is 18.3 Å². The van der Waals surface area contributed by atoms with Crippen molar-refractivity contribution in [3.05, 3.63) is 27.7 Å². The number of rotatable bonds is 6. The second-order valence-electron chi connectivity index (χ2n) is 4.05. The highest BCUT2D eigenvalue weighted by molar-refractivity contribution is 9.10. The molecule has 0 aliphatic rings. The predicted octanol–water partition coefficient (Wildman–Crippen LogP) is 2.04. The zero-order valence-electron chi connectivity index (χ0n) is 10.7. The van der Waals surface area contributed by atoms with Gasteiger partial charge in [0.05, 0.1) is 16.5 Å². The first-order chi connectivity index (χ1) is 9.29. The molecule has 0 saturated heterocycles. The molecule has 8 heteroatoms. The molecule has 20 heavy (non-hydrogen) atoms. The number of benzene rings is 1. The minimum absolute atomic E-state index is 0.0822. The Kier molecular flexibility index (Phi) is 5.68. The van der Waals surface area contributed by atoms with Gasteiger partial charge in [0.25, 0.3) is 0 Å². The smallest absolute Gasteiger partial charge is 0.335 e. The second-order valence-corrected chi connectivity index (χ2v) is 6.64. The molecule has 0 amide bonds. The number of carboxylic acid groups (broad SMARTS) is 1. The van der Waals surface area contributed by atoms with Gasteiger partial charge < -0.3 is 5.11 Å². The number of hydrogen-bond donors (Lipinski definition) is 2. The quantitative estimate of drug-likeness (QED) is 0.754. The summed E-state index contributed by atoms with van der Waals surface area (Å²) in [4.78, 5) is 10.9. The molecular weight excluding hydrogens is 348 g/mol. The predicted molar refractivity (Wildman–Crippen MR) is 75.9 cm³/mol. The molecule has 0 atom stereocenters. The molecule has 0 fully saturated rings. The van der Waals surface area contributed by atoms with Gasteiger partial charge in [-0.15, -0.1) is 0 Å². The maximum atomic E-state index is 12.1. The van der Waals surface area contributed by atoms with Crippen LogP contribution in [-0.2, 0) is 10.0 Å². The van der Waals surface area contributed by atoms with Crippen LogP contribution >= 0.6 is 15.9 Å². The molecule has 0 radical (unpaired) electrons. The molecule has 0 aliphatic heterocycles. The van der Waals surface area contributed by atoms with Crippen molar-refractivity contribution >= 4 is 31.9 Å². The first-order valence-electron chi connectivity index (χ1n) is 5.69. The molecule has 0 saturated carbocycles. The number of carbonyl (C=O) groups is 1. The lowest BCUT2D eigenvalue weighted by Crippen LogP contribution is -2.26. The SMILES string of the molecule is Cc1c(Br)cc(C(=O)O)cc1S(=O)(=O)NCCCC#N. The molecule has 0 heterocycles. The Labute approximate surface area is 125 Å². The number of hydrogen-bond acceptors (Lipinski definition) is 4. The minimum Gasteiger partial charge on any atom is -0.478 e. The zero-order chi connectivity index (χ0) is 15.3. The molecule has 0 aliphatic carbocycles. The number of nitrogens with zero attached hydrogens (tertiary/aromatic N) is 1. The van der Waals surface area contributed by atoms with E-state index in [1.165, 1.54) is 6.07 Å². The van der Waals surface area contributed by atoms with Gasteiger partial charge in [0.1, 0.15) is 0 Å². The van der Waals surface area contributed by atoms with Crippen LogP contribution < -0.4 is 4.72 Å². The highest BCUT2D eigenvalue weighted by atomic mass is 79.9. The van der Waals surface area contributed by atoms with Crippen molar-refractivity contribution in [2.45, 2.75) is 24.7 Å². The van der Waals surface area contributed by atoms with Crippen molar-refractivity contribution in [3.63, 3.8) is 0 Å². The third-order valence-electron chi connectivity index (χ3n) is 2.59. The van der Waals surface area contributed by atoms with E-state index in [9.17, 15) is 13.2 Å². The van der Waals surface area contributed by atoms with Gasteiger partial charge in [-0.1, -0.05) is 15.9 Å². The van der Waals surface area contributed by atoms with Crippen molar-refractivity contribution in [1.29, 1.82) is 5.26 Å². The van der Waals surface area contributed by atoms with E-state index in [1.54, 1.807) is 6.92 Å². The van der Waals surface area contributed by atoms with E-state index in [0.717, 1.165) is 6.07 Å². The van der Waals surface area contributed by atoms with E-state index in [-0.39, 0.29) is 23.4 Å². The lowest BCUT2D eigenvalue weighted by Gasteiger charge is -2.11. The van der Waals surface area contributed by atoms with Crippen molar-refractivity contribution in [1.82, 2.24) is 4.72 Å². The molecule has 1 rings (SSSR count). The maximum Gasteiger partial charge on any atom is 0.335 e. The molecule has 0 spiro atoms. The van der Waals surface area contributed by atoms with Crippen LogP contribution in [0.2, 0.25) is 0 Å². The van der Waals surface area contributed by atoms with E-state index < -0.39 is 16.0 Å². The summed E-state index contributed by atoms with van der Waals surface area (Å²) in [7, 11) is -3.80. The third kappa shape index (κ3) is 4.03. The Balaban J connectivity index is 3.11. The van der Waals surface area contributed by atoms with Gasteiger partial charge in [0.15, 0.2) is 0 Å². The molecule has 108 valence electrons. The summed E-state index contributed by atoms with van der Waals surface area (Å²) in [6.07, 6.45) is 0.648. The average Bonchev–Trinajstić information content (AvgIpc) is 2.37. The maximum absolute atomic E-state index is 12.1. The first-order valence-corrected chi connectivity index (χ1v) is 7.97. The topological polar surface area (TPSA) is 107 Å². The van der Waals surface area contributed by atoms with E-state index in [2.05, 4.69) is 20.7 Å². The molecule has 0 bridgehead atoms. The van der Waals surface area contributed by atoms with Gasteiger partial charge >= 0.3 is 5.97 Å². The fraction of sp³-hybridized carbons (Fsp3) is 0.333. The number of nitriles is 1. The summed E-state index contributed by atoms with van der Waals surface area (Å²) in [6, 6.07) is 4.39. The normalized spacial score (nSPS) is 11.1. The second kappa shape index (κ2) is 6.83. The Morgan fingerprint density at radius 1 is 1.50 bits per heavy atom. The van der Waals surface area contributed by atoms with Crippen LogP contribution in [0.5, 0.6) is 0 Å². The highest BCUT2D eigenvalue weighted by Crippen LogP contribution is 2.25. The molecule has 0 unspecified atom stereocenters. The van der Waals surface area contributed by atoms with Gasteiger partial charge in [-0.2, -0.15) is 5.26 Å². The fourth-order valence-corrected chi connectivity index (χ4v) is 3.46. The molecule has 0 aromatic heterocycles. The standard InChI is InChI=1S/C12H13BrN2O4S/c1-8-10(13)6-9(12(16)17)7-11(8)20(18,19)15-5-3-2-4-14/h6-7,15H,2-3,5H2,1H3,(H,16,17). The zero-order valence-corrected chi connectivity index (χ0v) is 13.1. The van der Waals surface area contributed by atoms with E-state index in [4.69, 9.17) is 10.4 Å². The number of aromatic carboxylic acids is 1. The summed E-state index contributed by atoms with van der Waals surface area (Å²) in [5.74, 6) is -1.20. The van der Waals surface area contributed by atoms with Gasteiger partial charge in [-0.25, -0.2) is 17.9 Å². The Bertz CT molecular complexity index is 665. The molecule has 2 N–H and O–H groups in total. The van der Waals surface area contributed by atoms with Crippen molar-refractivity contribution in [3.8, 4) is 6.07 Å². The average molecular weight is 361 g/mol. The van der Waals surface area contributed by atoms with Gasteiger partial charge in [-0.3, -0.25) is 0 Å². The van der Waals surface area contributed by atoms with Crippen molar-refractivity contribution in [2.24, 2.45) is 0 Å². The van der Waals surface area contributed by atoms with Crippen LogP contribution in [0.15, 0.2) is 21.5 Å². The summed E-state index contributed by atoms with van der Waals surface area (Å²) in [5, 5.41) is 17.4. The largest absolute Gasteiger partial charge is 0.478 e. The van der Waals surface area contributed by atoms with Crippen LogP contribution in [0.3, 0.4) is 0 Å². The molecule has 1 aromatic carbocycles. The summed E-state index contributed by atoms with van der Waals surface area (Å²) in [6.45, 7) is 1.71. The summed E-state index contributed by atoms with van der Waals surface area (Å²) in [5.41, 5.74) is 0.322. The lowest BCUT2D eigenvalue weighted by molar-refractivity contribution is 0.0696. The van der Waals surface area contributed by atoms with Crippen LogP contribution in [0.1, 0.15) is 28.8 Å². The number of carboxylic acids is 1. The van der Waals surface area contributed by atoms with E-state index in [0.29, 0.717) is 16.5 Å². The lowest BCUT2D eigenvalue weighted by atomic mass is 10.1. The number of unbranched alkanes of at least 4 members (excludes halogenated alkanes) is 1. The molecule has 1 aromatic rings. The van der Waals surface area contributed by atoms with Crippen molar-refractivity contribution in [2.75, 3.05) is 6.54 Å². The first kappa shape index (κ1) is 16.6. The molecule has 6 nitrogen and oxygen atoms in total. The van der Waals surface area contributed by atoms with Gasteiger partial charge in [0.2, 0.25) is 10.0 Å². The summed E-state index contributed by atoms with van der Waals surface area (Å²) >= 11 is 3.15. The fourth-order valence-electron chi connectivity index (χ4n) is 1.51. The Hall–Kier alpha value is -1.43. The molecular formula is C12H13BrN2O4S.